The molecule has 1 atom stereocenters. The van der Waals surface area contributed by atoms with Crippen LogP contribution in [0.25, 0.3) is 0 Å². The molecule has 1 aliphatic heterocycles. The standard InChI is InChI=1S/C10H17N3/c1-13-5-3-2-4-10(13)6-9-7-11-8-12-9/h7-8,10H,2-6H2,1H3,(H,11,12)/t10-/m0/s1. The first-order chi connectivity index (χ1) is 6.36. The monoisotopic (exact) mass is 179 g/mol. The Hall–Kier alpha value is -0.830. The minimum Gasteiger partial charge on any atom is -0.348 e. The number of imidazole rings is 1. The average molecular weight is 179 g/mol. The topological polar surface area (TPSA) is 31.9 Å². The van der Waals surface area contributed by atoms with Crippen molar-refractivity contribution in [2.75, 3.05) is 13.6 Å². The summed E-state index contributed by atoms with van der Waals surface area (Å²) in [6, 6.07) is 0.717. The van der Waals surface area contributed by atoms with Gasteiger partial charge in [0.15, 0.2) is 0 Å². The number of H-pyrrole nitrogens is 1. The highest BCUT2D eigenvalue weighted by molar-refractivity contribution is 4.98. The third-order valence-electron chi connectivity index (χ3n) is 2.93. The second kappa shape index (κ2) is 3.92. The Kier molecular flexibility index (Phi) is 2.64. The van der Waals surface area contributed by atoms with Gasteiger partial charge in [-0.3, -0.25) is 0 Å². The summed E-state index contributed by atoms with van der Waals surface area (Å²) in [5, 5.41) is 0. The second-order valence-electron chi connectivity index (χ2n) is 3.91. The van der Waals surface area contributed by atoms with Crippen molar-refractivity contribution in [2.45, 2.75) is 31.7 Å². The fraction of sp³-hybridized carbons (Fsp3) is 0.700. The van der Waals surface area contributed by atoms with Crippen LogP contribution in [0.4, 0.5) is 0 Å². The van der Waals surface area contributed by atoms with Crippen molar-refractivity contribution in [3.05, 3.63) is 18.2 Å². The van der Waals surface area contributed by atoms with E-state index in [0.29, 0.717) is 6.04 Å². The third kappa shape index (κ3) is 2.10. The summed E-state index contributed by atoms with van der Waals surface area (Å²) in [6.45, 7) is 1.25. The number of hydrogen-bond acceptors (Lipinski definition) is 2. The summed E-state index contributed by atoms with van der Waals surface area (Å²) in [4.78, 5) is 9.67. The molecule has 3 heteroatoms. The van der Waals surface area contributed by atoms with Crippen LogP contribution < -0.4 is 0 Å². The molecule has 0 unspecified atom stereocenters. The van der Waals surface area contributed by atoms with E-state index in [9.17, 15) is 0 Å². The first kappa shape index (κ1) is 8.75. The van der Waals surface area contributed by atoms with Crippen LogP contribution in [-0.4, -0.2) is 34.5 Å². The maximum Gasteiger partial charge on any atom is 0.0921 e. The summed E-state index contributed by atoms with van der Waals surface area (Å²) < 4.78 is 0. The highest BCUT2D eigenvalue weighted by Gasteiger charge is 2.19. The number of nitrogens with one attached hydrogen (secondary N) is 1. The second-order valence-corrected chi connectivity index (χ2v) is 3.91. The predicted octanol–water partition coefficient (Wildman–Crippen LogP) is 1.44. The zero-order valence-electron chi connectivity index (χ0n) is 8.16. The van der Waals surface area contributed by atoms with Gasteiger partial charge in [0.2, 0.25) is 0 Å². The van der Waals surface area contributed by atoms with Crippen LogP contribution in [0.15, 0.2) is 12.5 Å². The van der Waals surface area contributed by atoms with E-state index >= 15 is 0 Å². The molecule has 0 aliphatic carbocycles. The normalized spacial score (nSPS) is 24.8. The fourth-order valence-electron chi connectivity index (χ4n) is 2.05. The van der Waals surface area contributed by atoms with Crippen LogP contribution in [0.1, 0.15) is 25.0 Å². The molecule has 0 amide bonds. The Morgan fingerprint density at radius 2 is 2.54 bits per heavy atom. The number of piperidine rings is 1. The van der Waals surface area contributed by atoms with Crippen molar-refractivity contribution in [1.82, 2.24) is 14.9 Å². The molecular weight excluding hydrogens is 162 g/mol. The first-order valence-corrected chi connectivity index (χ1v) is 5.04. The largest absolute Gasteiger partial charge is 0.348 e. The Bertz CT molecular complexity index is 243. The summed E-state index contributed by atoms with van der Waals surface area (Å²) >= 11 is 0. The van der Waals surface area contributed by atoms with E-state index in [1.54, 1.807) is 6.33 Å². The lowest BCUT2D eigenvalue weighted by atomic mass is 9.99. The van der Waals surface area contributed by atoms with Gasteiger partial charge in [-0.15, -0.1) is 0 Å². The lowest BCUT2D eigenvalue weighted by Crippen LogP contribution is -2.37. The van der Waals surface area contributed by atoms with Gasteiger partial charge in [0.1, 0.15) is 0 Å². The molecule has 1 N–H and O–H groups in total. The van der Waals surface area contributed by atoms with Gasteiger partial charge >= 0.3 is 0 Å². The Balaban J connectivity index is 1.93. The molecular formula is C10H17N3. The molecule has 13 heavy (non-hydrogen) atoms. The number of nitrogens with zero attached hydrogens (tertiary/aromatic N) is 2. The molecule has 0 radical (unpaired) electrons. The summed E-state index contributed by atoms with van der Waals surface area (Å²) in [6.07, 6.45) is 8.88. The van der Waals surface area contributed by atoms with Gasteiger partial charge in [0.25, 0.3) is 0 Å². The van der Waals surface area contributed by atoms with Gasteiger partial charge in [-0.25, -0.2) is 4.98 Å². The minimum atomic E-state index is 0.717. The quantitative estimate of drug-likeness (QED) is 0.745. The molecule has 1 aromatic rings. The smallest absolute Gasteiger partial charge is 0.0921 e. The van der Waals surface area contributed by atoms with Gasteiger partial charge in [-0.1, -0.05) is 6.42 Å². The lowest BCUT2D eigenvalue weighted by Gasteiger charge is -2.32. The third-order valence-corrected chi connectivity index (χ3v) is 2.93. The number of hydrogen-bond donors (Lipinski definition) is 1. The van der Waals surface area contributed by atoms with Gasteiger partial charge in [0.05, 0.1) is 6.33 Å². The highest BCUT2D eigenvalue weighted by atomic mass is 15.1. The van der Waals surface area contributed by atoms with Crippen molar-refractivity contribution in [3.63, 3.8) is 0 Å². The number of aromatic amines is 1. The average Bonchev–Trinajstić information content (AvgIpc) is 2.61. The number of likely N-dealkylation sites (tertiary alicyclic amines) is 1. The van der Waals surface area contributed by atoms with Crippen molar-refractivity contribution in [3.8, 4) is 0 Å². The van der Waals surface area contributed by atoms with Gasteiger partial charge in [0, 0.05) is 24.4 Å². The van der Waals surface area contributed by atoms with Crippen LogP contribution in [-0.2, 0) is 6.42 Å². The van der Waals surface area contributed by atoms with E-state index in [1.165, 1.54) is 31.5 Å². The molecule has 2 heterocycles. The maximum absolute atomic E-state index is 4.04. The van der Waals surface area contributed by atoms with Crippen molar-refractivity contribution < 1.29 is 0 Å². The van der Waals surface area contributed by atoms with Crippen molar-refractivity contribution in [1.29, 1.82) is 0 Å². The summed E-state index contributed by atoms with van der Waals surface area (Å²) in [5.74, 6) is 0. The molecule has 3 nitrogen and oxygen atoms in total. The Morgan fingerprint density at radius 1 is 1.62 bits per heavy atom. The molecule has 1 aromatic heterocycles. The molecule has 1 aliphatic rings. The van der Waals surface area contributed by atoms with Crippen LogP contribution in [0.3, 0.4) is 0 Å². The Morgan fingerprint density at radius 3 is 3.23 bits per heavy atom. The van der Waals surface area contributed by atoms with Crippen molar-refractivity contribution in [2.24, 2.45) is 0 Å². The van der Waals surface area contributed by atoms with Crippen LogP contribution >= 0.6 is 0 Å². The SMILES string of the molecule is CN1CCCC[C@H]1Cc1cnc[nH]1. The van der Waals surface area contributed by atoms with Gasteiger partial charge in [-0.05, 0) is 26.4 Å². The zero-order chi connectivity index (χ0) is 9.10. The first-order valence-electron chi connectivity index (χ1n) is 5.04. The lowest BCUT2D eigenvalue weighted by molar-refractivity contribution is 0.184. The van der Waals surface area contributed by atoms with Crippen LogP contribution in [0.5, 0.6) is 0 Å². The van der Waals surface area contributed by atoms with Crippen LogP contribution in [0, 0.1) is 0 Å². The van der Waals surface area contributed by atoms with E-state index in [2.05, 4.69) is 21.9 Å². The van der Waals surface area contributed by atoms with Crippen molar-refractivity contribution >= 4 is 0 Å². The summed E-state index contributed by atoms with van der Waals surface area (Å²) in [5.41, 5.74) is 1.26. The van der Waals surface area contributed by atoms with E-state index < -0.39 is 0 Å². The number of rotatable bonds is 2. The fourth-order valence-corrected chi connectivity index (χ4v) is 2.05. The molecule has 0 bridgehead atoms. The molecule has 1 fully saturated rings. The molecule has 0 spiro atoms. The molecule has 0 aromatic carbocycles. The number of likely N-dealkylation sites (N-methyl/N-ethyl adjacent to an activating group) is 1. The maximum atomic E-state index is 4.04. The minimum absolute atomic E-state index is 0.717. The van der Waals surface area contributed by atoms with E-state index in [-0.39, 0.29) is 0 Å². The highest BCUT2D eigenvalue weighted by Crippen LogP contribution is 2.17. The molecule has 72 valence electrons. The van der Waals surface area contributed by atoms with E-state index in [0.717, 1.165) is 6.42 Å². The van der Waals surface area contributed by atoms with Gasteiger partial charge in [-0.2, -0.15) is 0 Å². The van der Waals surface area contributed by atoms with Gasteiger partial charge < -0.3 is 9.88 Å². The Labute approximate surface area is 79.2 Å². The van der Waals surface area contributed by atoms with Crippen LogP contribution in [0.2, 0.25) is 0 Å². The zero-order valence-corrected chi connectivity index (χ0v) is 8.16. The predicted molar refractivity (Wildman–Crippen MR) is 52.6 cm³/mol. The number of aromatic nitrogens is 2. The molecule has 1 saturated heterocycles. The summed E-state index contributed by atoms with van der Waals surface area (Å²) in [7, 11) is 2.22. The molecule has 2 rings (SSSR count). The molecule has 0 saturated carbocycles. The van der Waals surface area contributed by atoms with E-state index in [4.69, 9.17) is 0 Å². The van der Waals surface area contributed by atoms with E-state index in [1.807, 2.05) is 6.20 Å².